The van der Waals surface area contributed by atoms with Crippen LogP contribution in [0.3, 0.4) is 0 Å². The van der Waals surface area contributed by atoms with Crippen LogP contribution in [0, 0.1) is 5.92 Å². The number of benzene rings is 1. The summed E-state index contributed by atoms with van der Waals surface area (Å²) in [7, 11) is 0. The minimum atomic E-state index is -4.33. The van der Waals surface area contributed by atoms with Gasteiger partial charge < -0.3 is 5.73 Å². The number of hydrogen-bond donors (Lipinski definition) is 1. The van der Waals surface area contributed by atoms with Crippen LogP contribution in [0.1, 0.15) is 31.9 Å². The first kappa shape index (κ1) is 15.4. The second-order valence-corrected chi connectivity index (χ2v) is 6.04. The molecule has 0 heterocycles. The molecule has 2 N–H and O–H groups in total. The fourth-order valence-corrected chi connectivity index (χ4v) is 2.50. The van der Waals surface area contributed by atoms with Gasteiger partial charge in [0.25, 0.3) is 0 Å². The van der Waals surface area contributed by atoms with Crippen molar-refractivity contribution >= 4 is 11.8 Å². The molecular weight excluding hydrogens is 259 g/mol. The molecule has 0 saturated carbocycles. The number of thioether (sulfide) groups is 1. The molecular formula is C13H18F3NS. The number of rotatable bonds is 4. The average molecular weight is 277 g/mol. The zero-order valence-corrected chi connectivity index (χ0v) is 11.5. The third-order valence-corrected chi connectivity index (χ3v) is 4.31. The summed E-state index contributed by atoms with van der Waals surface area (Å²) < 4.78 is 38.1. The largest absolute Gasteiger partial charge is 0.416 e. The maximum atomic E-state index is 12.7. The maximum Gasteiger partial charge on any atom is 0.416 e. The standard InChI is InChI=1S/C13H18F3NS/c1-8(2)9(3)18-11-4-5-12(13(14,15)16)10(6-11)7-17/h4-6,8-9H,7,17H2,1-3H3. The van der Waals surface area contributed by atoms with Crippen molar-refractivity contribution in [3.63, 3.8) is 0 Å². The number of hydrogen-bond acceptors (Lipinski definition) is 2. The molecule has 0 saturated heterocycles. The SMILES string of the molecule is CC(C)C(C)Sc1ccc(C(F)(F)F)c(CN)c1. The molecule has 0 fully saturated rings. The van der Waals surface area contributed by atoms with Crippen molar-refractivity contribution in [2.24, 2.45) is 11.7 Å². The first-order chi connectivity index (χ1) is 8.25. The van der Waals surface area contributed by atoms with Gasteiger partial charge in [-0.05, 0) is 29.7 Å². The van der Waals surface area contributed by atoms with E-state index in [1.165, 1.54) is 6.07 Å². The van der Waals surface area contributed by atoms with Crippen LogP contribution >= 0.6 is 11.8 Å². The number of nitrogens with two attached hydrogens (primary N) is 1. The lowest BCUT2D eigenvalue weighted by Gasteiger charge is -2.17. The van der Waals surface area contributed by atoms with E-state index < -0.39 is 11.7 Å². The Morgan fingerprint density at radius 1 is 1.22 bits per heavy atom. The molecule has 1 atom stereocenters. The highest BCUT2D eigenvalue weighted by Gasteiger charge is 2.32. The molecule has 0 aliphatic rings. The monoisotopic (exact) mass is 277 g/mol. The Morgan fingerprint density at radius 3 is 2.28 bits per heavy atom. The van der Waals surface area contributed by atoms with E-state index in [2.05, 4.69) is 20.8 Å². The van der Waals surface area contributed by atoms with Crippen molar-refractivity contribution in [1.82, 2.24) is 0 Å². The van der Waals surface area contributed by atoms with Crippen LogP contribution in [0.2, 0.25) is 0 Å². The maximum absolute atomic E-state index is 12.7. The lowest BCUT2D eigenvalue weighted by Crippen LogP contribution is -2.12. The van der Waals surface area contributed by atoms with E-state index in [1.54, 1.807) is 17.8 Å². The van der Waals surface area contributed by atoms with Crippen LogP contribution in [-0.2, 0) is 12.7 Å². The summed E-state index contributed by atoms with van der Waals surface area (Å²) in [5, 5.41) is 0.354. The summed E-state index contributed by atoms with van der Waals surface area (Å²) in [4.78, 5) is 0.838. The molecule has 0 radical (unpaired) electrons. The van der Waals surface area contributed by atoms with E-state index in [0.717, 1.165) is 11.0 Å². The quantitative estimate of drug-likeness (QED) is 0.830. The highest BCUT2D eigenvalue weighted by atomic mass is 32.2. The summed E-state index contributed by atoms with van der Waals surface area (Å²) in [5.74, 6) is 0.471. The fourth-order valence-electron chi connectivity index (χ4n) is 1.44. The number of halogens is 3. The lowest BCUT2D eigenvalue weighted by molar-refractivity contribution is -0.138. The lowest BCUT2D eigenvalue weighted by atomic mass is 10.1. The van der Waals surface area contributed by atoms with E-state index >= 15 is 0 Å². The van der Waals surface area contributed by atoms with Gasteiger partial charge in [0.15, 0.2) is 0 Å². The molecule has 0 spiro atoms. The summed E-state index contributed by atoms with van der Waals surface area (Å²) in [6.07, 6.45) is -4.33. The molecule has 1 aromatic carbocycles. The Balaban J connectivity index is 2.99. The molecule has 0 aliphatic heterocycles. The summed E-state index contributed by atoms with van der Waals surface area (Å²) in [5.41, 5.74) is 4.92. The van der Waals surface area contributed by atoms with Gasteiger partial charge in [-0.1, -0.05) is 20.8 Å². The highest BCUT2D eigenvalue weighted by Crippen LogP contribution is 2.35. The Kier molecular flexibility index (Phi) is 5.10. The summed E-state index contributed by atoms with van der Waals surface area (Å²) >= 11 is 1.58. The van der Waals surface area contributed by atoms with Crippen molar-refractivity contribution in [2.45, 2.75) is 43.6 Å². The van der Waals surface area contributed by atoms with Crippen molar-refractivity contribution in [3.05, 3.63) is 29.3 Å². The third-order valence-electron chi connectivity index (χ3n) is 2.86. The molecule has 0 aromatic heterocycles. The molecule has 0 bridgehead atoms. The molecule has 5 heteroatoms. The van der Waals surface area contributed by atoms with Gasteiger partial charge in [0.1, 0.15) is 0 Å². The van der Waals surface area contributed by atoms with Crippen molar-refractivity contribution in [2.75, 3.05) is 0 Å². The topological polar surface area (TPSA) is 26.0 Å². The zero-order chi connectivity index (χ0) is 13.9. The van der Waals surface area contributed by atoms with E-state index in [4.69, 9.17) is 5.73 Å². The Morgan fingerprint density at radius 2 is 1.83 bits per heavy atom. The third kappa shape index (κ3) is 3.92. The fraction of sp³-hybridized carbons (Fsp3) is 0.538. The normalized spacial score (nSPS) is 14.0. The first-order valence-corrected chi connectivity index (χ1v) is 6.70. The van der Waals surface area contributed by atoms with Gasteiger partial charge in [-0.2, -0.15) is 13.2 Å². The average Bonchev–Trinajstić information content (AvgIpc) is 2.27. The van der Waals surface area contributed by atoms with Crippen LogP contribution in [0.5, 0.6) is 0 Å². The van der Waals surface area contributed by atoms with Crippen LogP contribution in [0.4, 0.5) is 13.2 Å². The predicted molar refractivity (Wildman–Crippen MR) is 69.5 cm³/mol. The van der Waals surface area contributed by atoms with Gasteiger partial charge in [-0.25, -0.2) is 0 Å². The van der Waals surface area contributed by atoms with Gasteiger partial charge in [0.2, 0.25) is 0 Å². The smallest absolute Gasteiger partial charge is 0.326 e. The van der Waals surface area contributed by atoms with Gasteiger partial charge in [0, 0.05) is 16.7 Å². The highest BCUT2D eigenvalue weighted by molar-refractivity contribution is 8.00. The minimum absolute atomic E-state index is 0.0979. The molecule has 18 heavy (non-hydrogen) atoms. The van der Waals surface area contributed by atoms with E-state index in [9.17, 15) is 13.2 Å². The van der Waals surface area contributed by atoms with Crippen molar-refractivity contribution < 1.29 is 13.2 Å². The second-order valence-electron chi connectivity index (χ2n) is 4.59. The summed E-state index contributed by atoms with van der Waals surface area (Å²) in [6.45, 7) is 6.14. The van der Waals surface area contributed by atoms with Gasteiger partial charge >= 0.3 is 6.18 Å². The van der Waals surface area contributed by atoms with Crippen LogP contribution in [0.15, 0.2) is 23.1 Å². The second kappa shape index (κ2) is 5.97. The van der Waals surface area contributed by atoms with Crippen LogP contribution < -0.4 is 5.73 Å². The van der Waals surface area contributed by atoms with Gasteiger partial charge in [-0.3, -0.25) is 0 Å². The Bertz CT molecular complexity index is 402. The van der Waals surface area contributed by atoms with E-state index in [-0.39, 0.29) is 12.1 Å². The van der Waals surface area contributed by atoms with Crippen molar-refractivity contribution in [3.8, 4) is 0 Å². The number of alkyl halides is 3. The first-order valence-electron chi connectivity index (χ1n) is 5.82. The molecule has 1 aromatic rings. The van der Waals surface area contributed by atoms with Crippen LogP contribution in [-0.4, -0.2) is 5.25 Å². The van der Waals surface area contributed by atoms with Crippen LogP contribution in [0.25, 0.3) is 0 Å². The molecule has 102 valence electrons. The van der Waals surface area contributed by atoms with E-state index in [1.807, 2.05) is 0 Å². The molecule has 1 nitrogen and oxygen atoms in total. The minimum Gasteiger partial charge on any atom is -0.326 e. The summed E-state index contributed by atoms with van der Waals surface area (Å²) in [6, 6.07) is 4.19. The Labute approximate surface area is 110 Å². The molecule has 0 amide bonds. The Hall–Kier alpha value is -0.680. The van der Waals surface area contributed by atoms with Gasteiger partial charge in [-0.15, -0.1) is 11.8 Å². The zero-order valence-electron chi connectivity index (χ0n) is 10.7. The van der Waals surface area contributed by atoms with Gasteiger partial charge in [0.05, 0.1) is 5.56 Å². The molecule has 1 unspecified atom stereocenters. The molecule has 1 rings (SSSR count). The van der Waals surface area contributed by atoms with E-state index in [0.29, 0.717) is 11.2 Å². The van der Waals surface area contributed by atoms with Crippen molar-refractivity contribution in [1.29, 1.82) is 0 Å². The predicted octanol–water partition coefficient (Wildman–Crippen LogP) is 4.30. The molecule has 0 aliphatic carbocycles.